The maximum atomic E-state index is 12.4. The number of rotatable bonds is 5. The van der Waals surface area contributed by atoms with Crippen molar-refractivity contribution in [2.75, 3.05) is 5.32 Å². The molecule has 0 saturated heterocycles. The van der Waals surface area contributed by atoms with Crippen LogP contribution in [0.4, 0.5) is 11.6 Å². The molecule has 0 fully saturated rings. The minimum absolute atomic E-state index is 0.241. The molecule has 3 aromatic rings. The normalized spacial score (nSPS) is 10.3. The van der Waals surface area contributed by atoms with Crippen LogP contribution in [0.1, 0.15) is 27.3 Å². The lowest BCUT2D eigenvalue weighted by molar-refractivity contribution is 0.0945. The number of carbonyl (C=O) groups is 1. The summed E-state index contributed by atoms with van der Waals surface area (Å²) in [5.41, 5.74) is 4.08. The summed E-state index contributed by atoms with van der Waals surface area (Å²) in [7, 11) is 0. The van der Waals surface area contributed by atoms with Crippen LogP contribution in [-0.4, -0.2) is 20.9 Å². The third-order valence-electron chi connectivity index (χ3n) is 3.60. The summed E-state index contributed by atoms with van der Waals surface area (Å²) in [4.78, 5) is 25.0. The Morgan fingerprint density at radius 3 is 2.44 bits per heavy atom. The van der Waals surface area contributed by atoms with E-state index in [-0.39, 0.29) is 5.91 Å². The van der Waals surface area contributed by atoms with Crippen molar-refractivity contribution in [3.05, 3.63) is 77.4 Å². The summed E-state index contributed by atoms with van der Waals surface area (Å²) in [5.74, 6) is 0.159. The summed E-state index contributed by atoms with van der Waals surface area (Å²) in [6, 6.07) is 13.3. The number of amides is 1. The molecule has 0 atom stereocenters. The second-order valence-electron chi connectivity index (χ2n) is 5.75. The fraction of sp³-hybridized carbons (Fsp3) is 0.158. The van der Waals surface area contributed by atoms with E-state index >= 15 is 0 Å². The van der Waals surface area contributed by atoms with E-state index in [0.29, 0.717) is 18.2 Å². The number of pyridine rings is 1. The highest BCUT2D eigenvalue weighted by atomic mass is 16.1. The Morgan fingerprint density at radius 2 is 1.72 bits per heavy atom. The van der Waals surface area contributed by atoms with Crippen LogP contribution in [0.15, 0.2) is 54.9 Å². The lowest BCUT2D eigenvalue weighted by Crippen LogP contribution is -2.24. The minimum Gasteiger partial charge on any atom is -0.347 e. The van der Waals surface area contributed by atoms with Crippen LogP contribution in [-0.2, 0) is 6.54 Å². The number of nitrogens with one attached hydrogen (secondary N) is 2. The first-order valence-corrected chi connectivity index (χ1v) is 7.96. The Morgan fingerprint density at radius 1 is 1.00 bits per heavy atom. The van der Waals surface area contributed by atoms with Gasteiger partial charge in [-0.3, -0.25) is 9.78 Å². The Bertz CT molecular complexity index is 863. The van der Waals surface area contributed by atoms with Crippen LogP contribution in [0.5, 0.6) is 0 Å². The van der Waals surface area contributed by atoms with Gasteiger partial charge in [0, 0.05) is 30.3 Å². The van der Waals surface area contributed by atoms with Gasteiger partial charge in [-0.05, 0) is 49.7 Å². The fourth-order valence-electron chi connectivity index (χ4n) is 2.28. The molecule has 6 nitrogen and oxygen atoms in total. The number of nitrogens with zero attached hydrogens (tertiary/aromatic N) is 3. The van der Waals surface area contributed by atoms with Gasteiger partial charge in [-0.25, -0.2) is 9.97 Å². The zero-order valence-corrected chi connectivity index (χ0v) is 14.2. The highest BCUT2D eigenvalue weighted by Crippen LogP contribution is 2.14. The van der Waals surface area contributed by atoms with Crippen molar-refractivity contribution in [2.45, 2.75) is 20.4 Å². The van der Waals surface area contributed by atoms with E-state index in [4.69, 9.17) is 0 Å². The fourth-order valence-corrected chi connectivity index (χ4v) is 2.28. The van der Waals surface area contributed by atoms with Crippen molar-refractivity contribution in [3.63, 3.8) is 0 Å². The van der Waals surface area contributed by atoms with Crippen LogP contribution in [0, 0.1) is 13.8 Å². The summed E-state index contributed by atoms with van der Waals surface area (Å²) in [6.45, 7) is 4.28. The molecule has 0 aliphatic carbocycles. The first-order valence-electron chi connectivity index (χ1n) is 7.96. The maximum Gasteiger partial charge on any atom is 0.270 e. The summed E-state index contributed by atoms with van der Waals surface area (Å²) in [5, 5.41) is 5.99. The molecule has 2 N–H and O–H groups in total. The molecular formula is C19H19N5O. The van der Waals surface area contributed by atoms with Crippen molar-refractivity contribution >= 4 is 17.5 Å². The van der Waals surface area contributed by atoms with Gasteiger partial charge in [-0.1, -0.05) is 17.7 Å². The molecule has 1 amide bonds. The number of hydrogen-bond acceptors (Lipinski definition) is 5. The molecule has 3 rings (SSSR count). The Labute approximate surface area is 146 Å². The second-order valence-corrected chi connectivity index (χ2v) is 5.75. The first-order chi connectivity index (χ1) is 12.1. The van der Waals surface area contributed by atoms with Crippen LogP contribution in [0.2, 0.25) is 0 Å². The van der Waals surface area contributed by atoms with Gasteiger partial charge in [0.05, 0.1) is 0 Å². The molecule has 0 spiro atoms. The van der Waals surface area contributed by atoms with Crippen LogP contribution >= 0.6 is 0 Å². The molecule has 0 aliphatic heterocycles. The monoisotopic (exact) mass is 333 g/mol. The minimum atomic E-state index is -0.241. The first kappa shape index (κ1) is 16.6. The summed E-state index contributed by atoms with van der Waals surface area (Å²) >= 11 is 0. The quantitative estimate of drug-likeness (QED) is 0.750. The molecule has 6 heteroatoms. The van der Waals surface area contributed by atoms with Crippen LogP contribution < -0.4 is 10.6 Å². The molecular weight excluding hydrogens is 314 g/mol. The van der Waals surface area contributed by atoms with Gasteiger partial charge in [0.2, 0.25) is 5.95 Å². The molecule has 2 heterocycles. The number of anilines is 2. The predicted molar refractivity (Wildman–Crippen MR) is 96.6 cm³/mol. The number of aromatic nitrogens is 3. The van der Waals surface area contributed by atoms with Gasteiger partial charge < -0.3 is 10.6 Å². The third-order valence-corrected chi connectivity index (χ3v) is 3.60. The number of aryl methyl sites for hydroxylation is 2. The third kappa shape index (κ3) is 4.60. The van der Waals surface area contributed by atoms with Crippen molar-refractivity contribution in [2.24, 2.45) is 0 Å². The zero-order chi connectivity index (χ0) is 17.6. The van der Waals surface area contributed by atoms with E-state index < -0.39 is 0 Å². The lowest BCUT2D eigenvalue weighted by atomic mass is 10.2. The van der Waals surface area contributed by atoms with Crippen LogP contribution in [0.3, 0.4) is 0 Å². The van der Waals surface area contributed by atoms with Crippen molar-refractivity contribution < 1.29 is 4.79 Å². The molecule has 25 heavy (non-hydrogen) atoms. The Kier molecular flexibility index (Phi) is 4.99. The van der Waals surface area contributed by atoms with Gasteiger partial charge in [-0.15, -0.1) is 0 Å². The van der Waals surface area contributed by atoms with Gasteiger partial charge in [0.1, 0.15) is 5.69 Å². The number of carbonyl (C=O) groups excluding carboxylic acids is 1. The molecule has 126 valence electrons. The van der Waals surface area contributed by atoms with E-state index in [9.17, 15) is 4.79 Å². The number of hydrogen-bond donors (Lipinski definition) is 2. The molecule has 0 aliphatic rings. The number of benzene rings is 1. The highest BCUT2D eigenvalue weighted by molar-refractivity contribution is 5.92. The summed E-state index contributed by atoms with van der Waals surface area (Å²) in [6.07, 6.45) is 3.39. The topological polar surface area (TPSA) is 79.8 Å². The van der Waals surface area contributed by atoms with E-state index in [2.05, 4.69) is 25.6 Å². The smallest absolute Gasteiger partial charge is 0.270 e. The van der Waals surface area contributed by atoms with Gasteiger partial charge in [-0.2, -0.15) is 0 Å². The molecule has 2 aromatic heterocycles. The lowest BCUT2D eigenvalue weighted by Gasteiger charge is -2.09. The van der Waals surface area contributed by atoms with Gasteiger partial charge in [0.15, 0.2) is 0 Å². The van der Waals surface area contributed by atoms with E-state index in [1.165, 1.54) is 5.56 Å². The van der Waals surface area contributed by atoms with Crippen LogP contribution in [0.25, 0.3) is 0 Å². The largest absolute Gasteiger partial charge is 0.347 e. The van der Waals surface area contributed by atoms with Crippen molar-refractivity contribution in [1.82, 2.24) is 20.3 Å². The molecule has 0 bridgehead atoms. The Balaban J connectivity index is 1.72. The van der Waals surface area contributed by atoms with Gasteiger partial charge in [0.25, 0.3) is 5.91 Å². The van der Waals surface area contributed by atoms with Crippen molar-refractivity contribution in [1.29, 1.82) is 0 Å². The standard InChI is InChI=1S/C19H19N5O/c1-13-3-5-16(6-4-13)23-19-22-14(2)11-17(24-19)18(25)21-12-15-7-9-20-10-8-15/h3-11H,12H2,1-2H3,(H,21,25)(H,22,23,24). The molecule has 1 aromatic carbocycles. The van der Waals surface area contributed by atoms with Gasteiger partial charge >= 0.3 is 0 Å². The second kappa shape index (κ2) is 7.53. The van der Waals surface area contributed by atoms with E-state index in [1.807, 2.05) is 50.2 Å². The molecule has 0 saturated carbocycles. The molecule has 0 radical (unpaired) electrons. The highest BCUT2D eigenvalue weighted by Gasteiger charge is 2.10. The molecule has 0 unspecified atom stereocenters. The summed E-state index contributed by atoms with van der Waals surface area (Å²) < 4.78 is 0. The average molecular weight is 333 g/mol. The zero-order valence-electron chi connectivity index (χ0n) is 14.2. The average Bonchev–Trinajstić information content (AvgIpc) is 2.62. The van der Waals surface area contributed by atoms with Crippen molar-refractivity contribution in [3.8, 4) is 0 Å². The SMILES string of the molecule is Cc1ccc(Nc2nc(C)cc(C(=O)NCc3ccncc3)n2)cc1. The van der Waals surface area contributed by atoms with E-state index in [1.54, 1.807) is 18.5 Å². The maximum absolute atomic E-state index is 12.4. The Hall–Kier alpha value is -3.28. The predicted octanol–water partition coefficient (Wildman–Crippen LogP) is 3.16. The van der Waals surface area contributed by atoms with E-state index in [0.717, 1.165) is 16.9 Å².